The van der Waals surface area contributed by atoms with E-state index < -0.39 is 235 Å². The Morgan fingerprint density at radius 2 is 1.26 bits per heavy atom. The van der Waals surface area contributed by atoms with Gasteiger partial charge in [-0.05, 0) is 94.9 Å². The second-order valence-electron chi connectivity index (χ2n) is 27.8. The highest BCUT2D eigenvalue weighted by Crippen LogP contribution is 2.27. The van der Waals surface area contributed by atoms with Crippen LogP contribution in [0.15, 0.2) is 4.99 Å². The summed E-state index contributed by atoms with van der Waals surface area (Å²) in [6.45, 7) is 12.3. The van der Waals surface area contributed by atoms with Crippen molar-refractivity contribution < 1.29 is 96.8 Å². The molecule has 4 aliphatic rings. The van der Waals surface area contributed by atoms with Gasteiger partial charge in [0.1, 0.15) is 78.8 Å². The molecule has 0 aromatic rings. The number of aliphatic hydroxyl groups is 2. The number of hydrogen-bond acceptors (Lipinski definition) is 23. The number of rotatable bonds is 30. The number of urea groups is 1. The molecule has 0 saturated carbocycles. The molecule has 108 heavy (non-hydrogen) atoms. The monoisotopic (exact) mass is 1570 g/mol. The number of guanidine groups is 1. The van der Waals surface area contributed by atoms with Crippen LogP contribution in [0.1, 0.15) is 146 Å². The largest absolute Gasteiger partial charge is 0.481 e. The predicted molar refractivity (Wildman–Crippen MR) is 394 cm³/mol. The van der Waals surface area contributed by atoms with Gasteiger partial charge in [0, 0.05) is 31.1 Å². The number of carboxylic acids is 1. The van der Waals surface area contributed by atoms with Crippen molar-refractivity contribution in [2.24, 2.45) is 40.1 Å². The number of carbonyl (C=O) groups excluding carboxylic acids is 16. The van der Waals surface area contributed by atoms with Crippen LogP contribution in [0.25, 0.3) is 0 Å². The fourth-order valence-corrected chi connectivity index (χ4v) is 14.5. The van der Waals surface area contributed by atoms with Crippen LogP contribution in [0, 0.1) is 23.7 Å². The lowest BCUT2D eigenvalue weighted by Crippen LogP contribution is -2.62. The van der Waals surface area contributed by atoms with Gasteiger partial charge in [-0.25, -0.2) is 4.79 Å². The maximum absolute atomic E-state index is 15.0. The van der Waals surface area contributed by atoms with Gasteiger partial charge >= 0.3 is 12.0 Å². The number of fused-ring (bicyclic) bond motifs is 1. The summed E-state index contributed by atoms with van der Waals surface area (Å²) in [6.07, 6.45) is 2.62. The summed E-state index contributed by atoms with van der Waals surface area (Å²) in [4.78, 5) is 242. The number of hydrogen-bond donors (Lipinski definition) is 19. The number of aliphatic carboxylic acids is 1. The zero-order valence-electron chi connectivity index (χ0n) is 62.6. The lowest BCUT2D eigenvalue weighted by Gasteiger charge is -2.33. The van der Waals surface area contributed by atoms with E-state index in [-0.39, 0.29) is 76.5 Å². The number of aliphatic hydroxyl groups excluding tert-OH is 2. The van der Waals surface area contributed by atoms with E-state index in [1.54, 1.807) is 48.5 Å². The third kappa shape index (κ3) is 28.6. The fraction of sp³-hybridized carbons (Fsp3) is 0.731. The number of carboxylic acid groups (broad SMARTS) is 1. The van der Waals surface area contributed by atoms with Crippen LogP contribution < -0.4 is 85.9 Å². The van der Waals surface area contributed by atoms with Crippen molar-refractivity contribution in [3.8, 4) is 0 Å². The second kappa shape index (κ2) is 45.8. The molecule has 4 aliphatic heterocycles. The van der Waals surface area contributed by atoms with Crippen LogP contribution in [0.4, 0.5) is 4.79 Å². The summed E-state index contributed by atoms with van der Waals surface area (Å²) in [5.74, 6) is -18.3. The number of likely N-dealkylation sites (tertiary alicyclic amines) is 1. The maximum atomic E-state index is 15.0. The van der Waals surface area contributed by atoms with Gasteiger partial charge in [-0.2, -0.15) is 0 Å². The van der Waals surface area contributed by atoms with E-state index in [0.29, 0.717) is 44.9 Å². The molecule has 0 spiro atoms. The van der Waals surface area contributed by atoms with Gasteiger partial charge < -0.3 is 110 Å². The quantitative estimate of drug-likeness (QED) is 0.0105. The molecule has 4 saturated heterocycles. The van der Waals surface area contributed by atoms with Crippen LogP contribution in [0.3, 0.4) is 0 Å². The fourth-order valence-electron chi connectivity index (χ4n) is 12.2. The predicted octanol–water partition coefficient (Wildman–Crippen LogP) is -5.81. The molecule has 16 amide bonds. The first-order valence-corrected chi connectivity index (χ1v) is 39.1. The van der Waals surface area contributed by atoms with Gasteiger partial charge in [0.05, 0.1) is 38.3 Å². The van der Waals surface area contributed by atoms with Crippen molar-refractivity contribution in [1.82, 2.24) is 84.2 Å². The minimum Gasteiger partial charge on any atom is -0.481 e. The summed E-state index contributed by atoms with van der Waals surface area (Å²) in [5, 5.41) is 66.0. The van der Waals surface area contributed by atoms with E-state index >= 15 is 4.79 Å². The number of aldehydes is 1. The van der Waals surface area contributed by atoms with E-state index in [4.69, 9.17) is 11.5 Å². The van der Waals surface area contributed by atoms with Gasteiger partial charge in [0.25, 0.3) is 0 Å². The zero-order valence-corrected chi connectivity index (χ0v) is 64.3. The van der Waals surface area contributed by atoms with E-state index in [2.05, 4.69) is 74.1 Å². The number of amides is 16. The lowest BCUT2D eigenvalue weighted by molar-refractivity contribution is -0.145. The van der Waals surface area contributed by atoms with Crippen molar-refractivity contribution in [2.45, 2.75) is 230 Å². The molecule has 17 atom stereocenters. The van der Waals surface area contributed by atoms with Crippen molar-refractivity contribution >= 4 is 129 Å². The van der Waals surface area contributed by atoms with E-state index in [0.717, 1.165) is 21.6 Å². The van der Waals surface area contributed by atoms with Gasteiger partial charge in [-0.15, -0.1) is 0 Å². The minimum absolute atomic E-state index is 0.0190. The Hall–Kier alpha value is -8.96. The Morgan fingerprint density at radius 3 is 1.86 bits per heavy atom. The highest BCUT2D eigenvalue weighted by Gasteiger charge is 2.44. The molecule has 4 rings (SSSR count). The third-order valence-electron chi connectivity index (χ3n) is 19.1. The molecule has 0 bridgehead atoms. The average molecular weight is 1570 g/mol. The molecule has 0 aromatic heterocycles. The highest BCUT2D eigenvalue weighted by molar-refractivity contribution is 8.76. The van der Waals surface area contributed by atoms with Crippen LogP contribution in [-0.4, -0.2) is 274 Å². The Kier molecular flexibility index (Phi) is 38.7. The minimum atomic E-state index is -1.96. The molecule has 4 heterocycles. The first kappa shape index (κ1) is 91.4. The van der Waals surface area contributed by atoms with Crippen molar-refractivity contribution in [1.29, 1.82) is 0 Å². The number of nitrogens with one attached hydrogen (secondary N) is 14. The Morgan fingerprint density at radius 1 is 0.648 bits per heavy atom. The molecule has 41 heteroatoms. The molecule has 0 unspecified atom stereocenters. The zero-order chi connectivity index (χ0) is 80.6. The van der Waals surface area contributed by atoms with Gasteiger partial charge in [0.15, 0.2) is 5.96 Å². The van der Waals surface area contributed by atoms with Crippen LogP contribution in [0.5, 0.6) is 0 Å². The molecule has 0 aliphatic carbocycles. The summed E-state index contributed by atoms with van der Waals surface area (Å²) in [5.41, 5.74) is 11.1. The average Bonchev–Trinajstić information content (AvgIpc) is 1.63. The number of nitrogens with zero attached hydrogens (tertiary/aromatic N) is 3. The number of nitrogens with two attached hydrogens (primary N) is 2. The lowest BCUT2D eigenvalue weighted by atomic mass is 9.96. The van der Waals surface area contributed by atoms with E-state index in [1.165, 1.54) is 23.6 Å². The molecular weight excluding hydrogens is 1450 g/mol. The van der Waals surface area contributed by atoms with Crippen LogP contribution >= 0.6 is 21.6 Å². The van der Waals surface area contributed by atoms with E-state index in [1.807, 2.05) is 5.32 Å². The summed E-state index contributed by atoms with van der Waals surface area (Å²) in [7, 11) is 1.66. The molecule has 21 N–H and O–H groups in total. The first-order valence-electron chi connectivity index (χ1n) is 36.6. The standard InChI is InChI=1S/C67H111N19O20S2/c1-10-34(6)50(82-54(94)39-18-13-21-70-39)62(102)80-46-32-108-107-31-45(59(99)78-43(29-88)57(97)74-40(19-14-22-71-66(68)69)55(95)77-44(30-89)58(98)76-42(25-33(4)5)64(104)85-23-15-17-38(85)28-87)79-63(103)51(35(7)11-2)84-67(106)81-48(90)27-72-53(93)37(9)73-56(96)41(26-49(91)92)75-61(101)47-20-16-24-86(47)65(105)52(36(8)12-3)83-60(46)100/h28,33-47,50-52,70,88-89H,10-27,29-32H2,1-9H3,(H,72,93)(H,73,96)(H,74,97)(H,75,101)(H,76,98)(H,77,95)(H,78,99)(H,79,103)(H,80,102)(H,82,94)(H,83,100)(H,91,92)(H4,68,69,71)(H2,81,84,90,106)/t34-,35-,36-,37+,38-,39-,40-,41-,42-,43-,44-,45-,46-,47-,50-,51-,52-/m0/s1. The molecule has 4 fully saturated rings. The topological polar surface area (TPSA) is 590 Å². The highest BCUT2D eigenvalue weighted by atomic mass is 33.1. The molecule has 0 aromatic carbocycles. The molecular formula is C67H111N19O20S2. The number of carbonyl (C=O) groups is 17. The van der Waals surface area contributed by atoms with Crippen molar-refractivity contribution in [3.63, 3.8) is 0 Å². The molecule has 606 valence electrons. The van der Waals surface area contributed by atoms with Crippen molar-refractivity contribution in [3.05, 3.63) is 0 Å². The Bertz CT molecular complexity index is 3220. The van der Waals surface area contributed by atoms with Crippen LogP contribution in [0.2, 0.25) is 0 Å². The summed E-state index contributed by atoms with van der Waals surface area (Å²) >= 11 is 0. The Balaban J connectivity index is 1.79. The van der Waals surface area contributed by atoms with Gasteiger partial charge in [-0.3, -0.25) is 82.2 Å². The third-order valence-corrected chi connectivity index (χ3v) is 21.5. The van der Waals surface area contributed by atoms with Gasteiger partial charge in [0.2, 0.25) is 82.7 Å². The Labute approximate surface area is 634 Å². The number of aliphatic imine (C=N–C) groups is 1. The van der Waals surface area contributed by atoms with Gasteiger partial charge in [-0.1, -0.05) is 96.2 Å². The van der Waals surface area contributed by atoms with E-state index in [9.17, 15) is 92.0 Å². The summed E-state index contributed by atoms with van der Waals surface area (Å²) in [6, 6.07) is -21.4. The van der Waals surface area contributed by atoms with Crippen LogP contribution in [-0.2, 0) is 76.7 Å². The smallest absolute Gasteiger partial charge is 0.322 e. The SMILES string of the molecule is CC[C@H](C)[C@@H]1NC(=O)NC(=O)CNC(=O)[C@@H](C)NC(=O)[C@H](CC(=O)O)NC(=O)[C@@H]2CCCN2C(=O)[C@H]([C@@H](C)CC)NC(=O)[C@@H](NC(=O)[C@@H](NC(=O)[C@@H]2CCCN2)[C@@H](C)CC)CSSC[C@@H](C(=O)N[C@@H](CO)C(=O)N[C@@H](CCCN=C(N)N)C(=O)N[C@@H](CO)C(=O)N[C@@H](CC(C)C)C(=O)N2CCC[C@H]2C=O)NC1=O. The molecule has 0 radical (unpaired) electrons. The molecule has 39 nitrogen and oxygen atoms in total. The second-order valence-corrected chi connectivity index (χ2v) is 30.4. The maximum Gasteiger partial charge on any atom is 0.322 e. The number of imide groups is 1. The first-order chi connectivity index (χ1) is 51.1. The van der Waals surface area contributed by atoms with Crippen molar-refractivity contribution in [2.75, 3.05) is 57.4 Å². The normalized spacial score (nSPS) is 24.8. The summed E-state index contributed by atoms with van der Waals surface area (Å²) < 4.78 is 0.